The monoisotopic (exact) mass is 271 g/mol. The van der Waals surface area contributed by atoms with Crippen LogP contribution in [0.1, 0.15) is 42.4 Å². The van der Waals surface area contributed by atoms with Crippen LogP contribution in [0.5, 0.6) is 5.75 Å². The molecule has 4 heteroatoms. The zero-order valence-corrected chi connectivity index (χ0v) is 12.0. The fourth-order valence-electron chi connectivity index (χ4n) is 2.98. The summed E-state index contributed by atoms with van der Waals surface area (Å²) in [7, 11) is 1.95. The number of nitrogens with zero attached hydrogens (tertiary/aromatic N) is 1. The van der Waals surface area contributed by atoms with Crippen LogP contribution in [0.25, 0.3) is 10.9 Å². The van der Waals surface area contributed by atoms with Crippen molar-refractivity contribution >= 4 is 16.8 Å². The van der Waals surface area contributed by atoms with Gasteiger partial charge in [-0.2, -0.15) is 4.57 Å². The Morgan fingerprint density at radius 2 is 2.15 bits per heavy atom. The lowest BCUT2D eigenvalue weighted by atomic mass is 9.95. The Morgan fingerprint density at radius 3 is 2.85 bits per heavy atom. The number of phenols is 1. The molecule has 0 saturated carbocycles. The Morgan fingerprint density at radius 1 is 1.40 bits per heavy atom. The molecule has 2 heterocycles. The van der Waals surface area contributed by atoms with E-state index in [9.17, 15) is 9.90 Å². The highest BCUT2D eigenvalue weighted by Crippen LogP contribution is 2.32. The topological polar surface area (TPSA) is 53.2 Å². The number of phenolic OH excluding ortho intramolecular Hbond substituents is 1. The second-order valence-electron chi connectivity index (χ2n) is 5.58. The number of aromatic hydroxyl groups is 1. The Labute approximate surface area is 118 Å². The molecule has 1 aromatic heterocycles. The van der Waals surface area contributed by atoms with Crippen LogP contribution in [0.2, 0.25) is 0 Å². The van der Waals surface area contributed by atoms with Crippen LogP contribution in [0.3, 0.4) is 0 Å². The zero-order valence-electron chi connectivity index (χ0n) is 12.0. The molecular weight excluding hydrogens is 252 g/mol. The van der Waals surface area contributed by atoms with Gasteiger partial charge in [0.05, 0.1) is 6.07 Å². The van der Waals surface area contributed by atoms with E-state index < -0.39 is 0 Å². The van der Waals surface area contributed by atoms with Gasteiger partial charge in [-0.25, -0.2) is 0 Å². The molecule has 0 spiro atoms. The summed E-state index contributed by atoms with van der Waals surface area (Å²) in [4.78, 5) is 12.2. The smallest absolute Gasteiger partial charge is 0.258 e. The average molecular weight is 271 g/mol. The first-order chi connectivity index (χ1) is 9.52. The summed E-state index contributed by atoms with van der Waals surface area (Å²) in [5.41, 5.74) is 2.70. The predicted octanol–water partition coefficient (Wildman–Crippen LogP) is 2.20. The second kappa shape index (κ2) is 4.47. The lowest BCUT2D eigenvalue weighted by molar-refractivity contribution is -0.654. The van der Waals surface area contributed by atoms with Crippen molar-refractivity contribution in [3.8, 4) is 5.75 Å². The quantitative estimate of drug-likeness (QED) is 0.823. The van der Waals surface area contributed by atoms with E-state index in [0.717, 1.165) is 28.6 Å². The average Bonchev–Trinajstić information content (AvgIpc) is 2.77. The molecule has 2 aromatic rings. The van der Waals surface area contributed by atoms with Crippen LogP contribution >= 0.6 is 0 Å². The van der Waals surface area contributed by atoms with Gasteiger partial charge in [0.15, 0.2) is 0 Å². The van der Waals surface area contributed by atoms with Crippen LogP contribution in [-0.2, 0) is 7.05 Å². The van der Waals surface area contributed by atoms with E-state index in [1.54, 1.807) is 12.1 Å². The first-order valence-electron chi connectivity index (χ1n) is 6.99. The molecule has 1 aromatic carbocycles. The van der Waals surface area contributed by atoms with E-state index in [-0.39, 0.29) is 17.7 Å². The van der Waals surface area contributed by atoms with Crippen molar-refractivity contribution in [3.63, 3.8) is 0 Å². The SMILES string of the molecule is CC[C@H](C)[C@@H]1NC(=O)c2cc3ccc(O)cc3[n+](C)c21. The van der Waals surface area contributed by atoms with E-state index in [2.05, 4.69) is 19.2 Å². The molecule has 0 fully saturated rings. The lowest BCUT2D eigenvalue weighted by Gasteiger charge is -2.16. The van der Waals surface area contributed by atoms with Crippen molar-refractivity contribution in [1.82, 2.24) is 5.32 Å². The van der Waals surface area contributed by atoms with Crippen molar-refractivity contribution in [2.75, 3.05) is 0 Å². The van der Waals surface area contributed by atoms with Gasteiger partial charge in [-0.05, 0) is 24.1 Å². The first kappa shape index (κ1) is 12.9. The minimum absolute atomic E-state index is 0.00382. The Kier molecular flexibility index (Phi) is 2.89. The van der Waals surface area contributed by atoms with Crippen molar-refractivity contribution < 1.29 is 14.5 Å². The molecule has 2 atom stereocenters. The maximum atomic E-state index is 12.2. The fourth-order valence-corrected chi connectivity index (χ4v) is 2.98. The Bertz CT molecular complexity index is 709. The Hall–Kier alpha value is -2.10. The molecule has 4 nitrogen and oxygen atoms in total. The normalized spacial score (nSPS) is 18.9. The van der Waals surface area contributed by atoms with Crippen molar-refractivity contribution in [2.24, 2.45) is 13.0 Å². The van der Waals surface area contributed by atoms with Crippen LogP contribution in [0.4, 0.5) is 0 Å². The van der Waals surface area contributed by atoms with Gasteiger partial charge in [0.2, 0.25) is 11.2 Å². The highest BCUT2D eigenvalue weighted by atomic mass is 16.3. The van der Waals surface area contributed by atoms with Gasteiger partial charge in [0.1, 0.15) is 24.4 Å². The Balaban J connectivity index is 2.29. The number of amides is 1. The lowest BCUT2D eigenvalue weighted by Crippen LogP contribution is -2.38. The van der Waals surface area contributed by atoms with Gasteiger partial charge in [-0.3, -0.25) is 4.79 Å². The molecule has 1 aliphatic rings. The van der Waals surface area contributed by atoms with Crippen LogP contribution in [0.15, 0.2) is 24.3 Å². The molecule has 0 aliphatic carbocycles. The summed E-state index contributed by atoms with van der Waals surface area (Å²) in [6.07, 6.45) is 1.00. The number of aromatic nitrogens is 1. The fraction of sp³-hybridized carbons (Fsp3) is 0.375. The molecule has 1 amide bonds. The third-order valence-electron chi connectivity index (χ3n) is 4.35. The van der Waals surface area contributed by atoms with Gasteiger partial charge in [0.25, 0.3) is 5.91 Å². The minimum Gasteiger partial charge on any atom is -0.508 e. The van der Waals surface area contributed by atoms with Crippen LogP contribution in [-0.4, -0.2) is 11.0 Å². The molecule has 0 saturated heterocycles. The van der Waals surface area contributed by atoms with Gasteiger partial charge in [-0.1, -0.05) is 20.3 Å². The molecule has 0 radical (unpaired) electrons. The van der Waals surface area contributed by atoms with Crippen molar-refractivity contribution in [2.45, 2.75) is 26.3 Å². The minimum atomic E-state index is -0.00382. The number of carbonyl (C=O) groups excluding carboxylic acids is 1. The summed E-state index contributed by atoms with van der Waals surface area (Å²) in [6.45, 7) is 4.27. The maximum Gasteiger partial charge on any atom is 0.258 e. The van der Waals surface area contributed by atoms with E-state index in [1.165, 1.54) is 0 Å². The molecule has 2 N–H and O–H groups in total. The van der Waals surface area contributed by atoms with E-state index >= 15 is 0 Å². The number of pyridine rings is 1. The molecular formula is C16H19N2O2+. The van der Waals surface area contributed by atoms with E-state index in [4.69, 9.17) is 0 Å². The third kappa shape index (κ3) is 1.75. The number of hydrogen-bond acceptors (Lipinski definition) is 2. The highest BCUT2D eigenvalue weighted by Gasteiger charge is 2.39. The molecule has 20 heavy (non-hydrogen) atoms. The number of aryl methyl sites for hydroxylation is 1. The number of benzene rings is 1. The molecule has 0 unspecified atom stereocenters. The zero-order chi connectivity index (χ0) is 14.4. The second-order valence-corrected chi connectivity index (χ2v) is 5.58. The maximum absolute atomic E-state index is 12.2. The number of hydrogen-bond donors (Lipinski definition) is 2. The number of rotatable bonds is 2. The third-order valence-corrected chi connectivity index (χ3v) is 4.35. The number of nitrogens with one attached hydrogen (secondary N) is 1. The molecule has 1 aliphatic heterocycles. The van der Waals surface area contributed by atoms with Gasteiger partial charge in [0, 0.05) is 5.39 Å². The van der Waals surface area contributed by atoms with Crippen molar-refractivity contribution in [3.05, 3.63) is 35.5 Å². The standard InChI is InChI=1S/C16H18N2O2/c1-4-9(2)14-15-12(16(20)17-14)7-10-5-6-11(19)8-13(10)18(15)3/h5-9,14H,4H2,1-3H3,(H,17,20)/p+1/t9-,14-/m0/s1. The molecule has 0 bridgehead atoms. The van der Waals surface area contributed by atoms with E-state index in [0.29, 0.717) is 5.92 Å². The highest BCUT2D eigenvalue weighted by molar-refractivity contribution is 6.00. The van der Waals surface area contributed by atoms with Crippen molar-refractivity contribution in [1.29, 1.82) is 0 Å². The van der Waals surface area contributed by atoms with Gasteiger partial charge in [-0.15, -0.1) is 0 Å². The number of carbonyl (C=O) groups is 1. The molecule has 104 valence electrons. The summed E-state index contributed by atoms with van der Waals surface area (Å²) < 4.78 is 2.03. The van der Waals surface area contributed by atoms with Crippen LogP contribution in [0, 0.1) is 5.92 Å². The van der Waals surface area contributed by atoms with Gasteiger partial charge >= 0.3 is 0 Å². The summed E-state index contributed by atoms with van der Waals surface area (Å²) in [6, 6.07) is 7.19. The molecule has 3 rings (SSSR count). The summed E-state index contributed by atoms with van der Waals surface area (Å²) in [5, 5.41) is 13.7. The van der Waals surface area contributed by atoms with Crippen LogP contribution < -0.4 is 9.88 Å². The summed E-state index contributed by atoms with van der Waals surface area (Å²) in [5.74, 6) is 0.613. The summed E-state index contributed by atoms with van der Waals surface area (Å²) >= 11 is 0. The van der Waals surface area contributed by atoms with Gasteiger partial charge < -0.3 is 10.4 Å². The predicted molar refractivity (Wildman–Crippen MR) is 76.5 cm³/mol. The largest absolute Gasteiger partial charge is 0.508 e. The number of fused-ring (bicyclic) bond motifs is 2. The first-order valence-corrected chi connectivity index (χ1v) is 6.99. The van der Waals surface area contributed by atoms with E-state index in [1.807, 2.05) is 23.7 Å².